The van der Waals surface area contributed by atoms with E-state index in [9.17, 15) is 14.9 Å². The van der Waals surface area contributed by atoms with Gasteiger partial charge in [-0.1, -0.05) is 0 Å². The number of hydrogen-bond donors (Lipinski definition) is 1. The molecule has 0 spiro atoms. The van der Waals surface area contributed by atoms with Gasteiger partial charge in [0.15, 0.2) is 0 Å². The van der Waals surface area contributed by atoms with Crippen LogP contribution in [0.15, 0.2) is 6.33 Å². The molecule has 8 heteroatoms. The lowest BCUT2D eigenvalue weighted by Crippen LogP contribution is -2.33. The highest BCUT2D eigenvalue weighted by Gasteiger charge is 2.22. The van der Waals surface area contributed by atoms with Crippen LogP contribution in [0.1, 0.15) is 12.8 Å². The Labute approximate surface area is 104 Å². The number of likely N-dealkylation sites (tertiary alicyclic amines) is 1. The third-order valence-electron chi connectivity index (χ3n) is 2.96. The lowest BCUT2D eigenvalue weighted by molar-refractivity contribution is -0.388. The summed E-state index contributed by atoms with van der Waals surface area (Å²) in [6.45, 7) is 1.60. The van der Waals surface area contributed by atoms with Crippen LogP contribution in [-0.2, 0) is 11.8 Å². The van der Waals surface area contributed by atoms with Gasteiger partial charge in [-0.3, -0.25) is 9.36 Å². The molecular weight excluding hydrogens is 238 g/mol. The van der Waals surface area contributed by atoms with Gasteiger partial charge in [-0.05, 0) is 22.7 Å². The summed E-state index contributed by atoms with van der Waals surface area (Å²) >= 11 is 0. The van der Waals surface area contributed by atoms with E-state index in [1.54, 1.807) is 11.9 Å². The van der Waals surface area contributed by atoms with Crippen molar-refractivity contribution in [1.82, 2.24) is 14.5 Å². The SMILES string of the molecule is Cn1cnc([N+](=O)[O-])c1NCC(=O)N1CCCC1. The smallest absolute Gasteiger partial charge is 0.358 e. The molecule has 0 radical (unpaired) electrons. The molecule has 2 rings (SSSR count). The van der Waals surface area contributed by atoms with Crippen molar-refractivity contribution in [2.45, 2.75) is 12.8 Å². The van der Waals surface area contributed by atoms with Crippen molar-refractivity contribution < 1.29 is 9.72 Å². The molecular formula is C10H15N5O3. The molecule has 1 saturated heterocycles. The second-order valence-corrected chi connectivity index (χ2v) is 4.23. The van der Waals surface area contributed by atoms with Gasteiger partial charge in [0.1, 0.15) is 0 Å². The Morgan fingerprint density at radius 2 is 2.22 bits per heavy atom. The van der Waals surface area contributed by atoms with Crippen molar-refractivity contribution in [2.24, 2.45) is 7.05 Å². The summed E-state index contributed by atoms with van der Waals surface area (Å²) in [7, 11) is 1.64. The van der Waals surface area contributed by atoms with Gasteiger partial charge in [0, 0.05) is 20.1 Å². The maximum absolute atomic E-state index is 11.8. The first-order valence-corrected chi connectivity index (χ1v) is 5.77. The molecule has 0 aliphatic carbocycles. The van der Waals surface area contributed by atoms with E-state index in [0.717, 1.165) is 25.9 Å². The van der Waals surface area contributed by atoms with Crippen LogP contribution in [0.4, 0.5) is 11.6 Å². The molecule has 1 aliphatic rings. The molecule has 8 nitrogen and oxygen atoms in total. The predicted octanol–water partition coefficient (Wildman–Crippen LogP) is 0.363. The zero-order chi connectivity index (χ0) is 13.1. The summed E-state index contributed by atoms with van der Waals surface area (Å²) in [6, 6.07) is 0. The lowest BCUT2D eigenvalue weighted by atomic mass is 10.4. The number of nitrogens with zero attached hydrogens (tertiary/aromatic N) is 4. The van der Waals surface area contributed by atoms with Gasteiger partial charge in [0.2, 0.25) is 18.1 Å². The zero-order valence-corrected chi connectivity index (χ0v) is 10.1. The topological polar surface area (TPSA) is 93.3 Å². The van der Waals surface area contributed by atoms with Gasteiger partial charge >= 0.3 is 5.82 Å². The van der Waals surface area contributed by atoms with E-state index in [2.05, 4.69) is 10.3 Å². The van der Waals surface area contributed by atoms with E-state index in [0.29, 0.717) is 0 Å². The second kappa shape index (κ2) is 5.03. The van der Waals surface area contributed by atoms with Crippen molar-refractivity contribution in [3.8, 4) is 0 Å². The summed E-state index contributed by atoms with van der Waals surface area (Å²) in [6.07, 6.45) is 3.40. The molecule has 1 amide bonds. The van der Waals surface area contributed by atoms with Crippen LogP contribution in [0, 0.1) is 10.1 Å². The molecule has 1 fully saturated rings. The number of imidazole rings is 1. The molecule has 1 N–H and O–H groups in total. The average Bonchev–Trinajstić information content (AvgIpc) is 2.95. The summed E-state index contributed by atoms with van der Waals surface area (Å²) in [5, 5.41) is 13.5. The van der Waals surface area contributed by atoms with E-state index < -0.39 is 4.92 Å². The van der Waals surface area contributed by atoms with Crippen LogP contribution >= 0.6 is 0 Å². The minimum Gasteiger partial charge on any atom is -0.358 e. The fourth-order valence-electron chi connectivity index (χ4n) is 1.99. The van der Waals surface area contributed by atoms with Crippen molar-refractivity contribution >= 4 is 17.5 Å². The van der Waals surface area contributed by atoms with Gasteiger partial charge in [-0.15, -0.1) is 0 Å². The van der Waals surface area contributed by atoms with Gasteiger partial charge in [0.25, 0.3) is 0 Å². The molecule has 0 aromatic carbocycles. The van der Waals surface area contributed by atoms with Crippen LogP contribution in [-0.4, -0.2) is 44.9 Å². The number of amides is 1. The van der Waals surface area contributed by atoms with Gasteiger partial charge in [-0.25, -0.2) is 0 Å². The Bertz CT molecular complexity index is 464. The van der Waals surface area contributed by atoms with Crippen molar-refractivity contribution in [3.63, 3.8) is 0 Å². The number of aromatic nitrogens is 2. The largest absolute Gasteiger partial charge is 0.406 e. The van der Waals surface area contributed by atoms with Crippen LogP contribution in [0.3, 0.4) is 0 Å². The summed E-state index contributed by atoms with van der Waals surface area (Å²) in [4.78, 5) is 27.4. The fraction of sp³-hybridized carbons (Fsp3) is 0.600. The molecule has 0 atom stereocenters. The predicted molar refractivity (Wildman–Crippen MR) is 64.2 cm³/mol. The third-order valence-corrected chi connectivity index (χ3v) is 2.96. The van der Waals surface area contributed by atoms with Crippen LogP contribution in [0.2, 0.25) is 0 Å². The summed E-state index contributed by atoms with van der Waals surface area (Å²) < 4.78 is 1.50. The summed E-state index contributed by atoms with van der Waals surface area (Å²) in [5.74, 6) is -0.0396. The maximum atomic E-state index is 11.8. The quantitative estimate of drug-likeness (QED) is 0.617. The highest BCUT2D eigenvalue weighted by atomic mass is 16.6. The van der Waals surface area contributed by atoms with Crippen molar-refractivity contribution in [1.29, 1.82) is 0 Å². The fourth-order valence-corrected chi connectivity index (χ4v) is 1.99. The molecule has 18 heavy (non-hydrogen) atoms. The minimum absolute atomic E-state index is 0.0389. The molecule has 0 bridgehead atoms. The highest BCUT2D eigenvalue weighted by Crippen LogP contribution is 2.20. The Morgan fingerprint density at radius 3 is 2.83 bits per heavy atom. The summed E-state index contributed by atoms with van der Waals surface area (Å²) in [5.41, 5.74) is 0. The Hall–Kier alpha value is -2.12. The normalized spacial score (nSPS) is 14.8. The van der Waals surface area contributed by atoms with E-state index in [1.807, 2.05) is 0 Å². The number of rotatable bonds is 4. The number of nitro groups is 1. The Balaban J connectivity index is 1.99. The minimum atomic E-state index is -0.567. The molecule has 2 heterocycles. The second-order valence-electron chi connectivity index (χ2n) is 4.23. The first kappa shape index (κ1) is 12.3. The highest BCUT2D eigenvalue weighted by molar-refractivity contribution is 5.81. The average molecular weight is 253 g/mol. The van der Waals surface area contributed by atoms with Crippen LogP contribution < -0.4 is 5.32 Å². The zero-order valence-electron chi connectivity index (χ0n) is 10.1. The first-order chi connectivity index (χ1) is 8.59. The molecule has 1 aromatic rings. The van der Waals surface area contributed by atoms with E-state index in [4.69, 9.17) is 0 Å². The Morgan fingerprint density at radius 1 is 1.56 bits per heavy atom. The van der Waals surface area contributed by atoms with Crippen molar-refractivity contribution in [3.05, 3.63) is 16.4 Å². The number of anilines is 1. The van der Waals surface area contributed by atoms with Crippen LogP contribution in [0.25, 0.3) is 0 Å². The number of hydrogen-bond acceptors (Lipinski definition) is 5. The molecule has 98 valence electrons. The third kappa shape index (κ3) is 2.41. The molecule has 1 aliphatic heterocycles. The number of carbonyl (C=O) groups excluding carboxylic acids is 1. The van der Waals surface area contributed by atoms with Gasteiger partial charge in [0.05, 0.1) is 6.54 Å². The standard InChI is InChI=1S/C10H15N5O3/c1-13-7-12-10(15(17)18)9(13)11-6-8(16)14-4-2-3-5-14/h7,11H,2-6H2,1H3. The van der Waals surface area contributed by atoms with Crippen molar-refractivity contribution in [2.75, 3.05) is 25.0 Å². The van der Waals surface area contributed by atoms with E-state index in [-0.39, 0.29) is 24.1 Å². The Kier molecular flexibility index (Phi) is 3.45. The number of aryl methyl sites for hydroxylation is 1. The lowest BCUT2D eigenvalue weighted by Gasteiger charge is -2.15. The molecule has 1 aromatic heterocycles. The van der Waals surface area contributed by atoms with E-state index in [1.165, 1.54) is 10.9 Å². The molecule has 0 saturated carbocycles. The monoisotopic (exact) mass is 253 g/mol. The van der Waals surface area contributed by atoms with Crippen LogP contribution in [0.5, 0.6) is 0 Å². The van der Waals surface area contributed by atoms with Gasteiger partial charge < -0.3 is 20.3 Å². The van der Waals surface area contributed by atoms with Gasteiger partial charge in [-0.2, -0.15) is 0 Å². The molecule has 0 unspecified atom stereocenters. The maximum Gasteiger partial charge on any atom is 0.406 e. The first-order valence-electron chi connectivity index (χ1n) is 5.77. The number of nitrogens with one attached hydrogen (secondary N) is 1. The number of carbonyl (C=O) groups is 1. The van der Waals surface area contributed by atoms with E-state index >= 15 is 0 Å².